The van der Waals surface area contributed by atoms with E-state index in [1.54, 1.807) is 6.26 Å². The van der Waals surface area contributed by atoms with Crippen LogP contribution in [-0.2, 0) is 23.9 Å². The average Bonchev–Trinajstić information content (AvgIpc) is 2.83. The Balaban J connectivity index is 1.91. The van der Waals surface area contributed by atoms with Gasteiger partial charge in [-0.25, -0.2) is 0 Å². The second kappa shape index (κ2) is 6.70. The highest BCUT2D eigenvalue weighted by atomic mass is 32.2. The fourth-order valence-electron chi connectivity index (χ4n) is 1.93. The Hall–Kier alpha value is -1.62. The molecule has 0 saturated carbocycles. The van der Waals surface area contributed by atoms with Crippen molar-refractivity contribution in [2.75, 3.05) is 11.6 Å². The zero-order valence-corrected chi connectivity index (χ0v) is 13.0. The van der Waals surface area contributed by atoms with Crippen molar-refractivity contribution in [1.29, 1.82) is 0 Å². The molecule has 5 heteroatoms. The minimum Gasteiger partial charge on any atom is -0.378 e. The minimum atomic E-state index is -0.913. The maximum absolute atomic E-state index is 11.3. The van der Waals surface area contributed by atoms with E-state index in [-0.39, 0.29) is 0 Å². The SMILES string of the molecule is CC(C)Cn1cc(NCc2ccc([S@](C)=O)cc2)cn1. The zero-order chi connectivity index (χ0) is 14.5. The summed E-state index contributed by atoms with van der Waals surface area (Å²) in [6.45, 7) is 6.02. The monoisotopic (exact) mass is 291 g/mol. The second-order valence-corrected chi connectivity index (χ2v) is 6.68. The Labute approximate surface area is 122 Å². The van der Waals surface area contributed by atoms with E-state index in [1.807, 2.05) is 41.3 Å². The molecule has 0 aliphatic carbocycles. The third kappa shape index (κ3) is 4.20. The van der Waals surface area contributed by atoms with E-state index in [0.717, 1.165) is 29.2 Å². The predicted molar refractivity (Wildman–Crippen MR) is 83.2 cm³/mol. The molecule has 0 unspecified atom stereocenters. The van der Waals surface area contributed by atoms with Crippen LogP contribution in [0.25, 0.3) is 0 Å². The lowest BCUT2D eigenvalue weighted by Gasteiger charge is -2.05. The first-order chi connectivity index (χ1) is 9.54. The van der Waals surface area contributed by atoms with Gasteiger partial charge < -0.3 is 5.32 Å². The largest absolute Gasteiger partial charge is 0.378 e. The van der Waals surface area contributed by atoms with Crippen LogP contribution in [-0.4, -0.2) is 20.2 Å². The highest BCUT2D eigenvalue weighted by Gasteiger charge is 2.01. The van der Waals surface area contributed by atoms with Crippen LogP contribution in [0, 0.1) is 5.92 Å². The van der Waals surface area contributed by atoms with Crippen LogP contribution in [0.4, 0.5) is 5.69 Å². The number of hydrogen-bond donors (Lipinski definition) is 1. The molecule has 0 spiro atoms. The molecule has 1 aromatic heterocycles. The molecule has 4 nitrogen and oxygen atoms in total. The van der Waals surface area contributed by atoms with Gasteiger partial charge in [0.2, 0.25) is 0 Å². The fraction of sp³-hybridized carbons (Fsp3) is 0.400. The van der Waals surface area contributed by atoms with E-state index in [1.165, 1.54) is 0 Å². The number of hydrogen-bond acceptors (Lipinski definition) is 3. The fourth-order valence-corrected chi connectivity index (χ4v) is 2.45. The van der Waals surface area contributed by atoms with Gasteiger partial charge in [0.1, 0.15) is 0 Å². The molecule has 1 heterocycles. The molecule has 1 N–H and O–H groups in total. The van der Waals surface area contributed by atoms with E-state index in [0.29, 0.717) is 5.92 Å². The molecular weight excluding hydrogens is 270 g/mol. The average molecular weight is 291 g/mol. The molecule has 1 atom stereocenters. The van der Waals surface area contributed by atoms with Crippen LogP contribution in [0.2, 0.25) is 0 Å². The van der Waals surface area contributed by atoms with Gasteiger partial charge in [-0.3, -0.25) is 8.89 Å². The first-order valence-electron chi connectivity index (χ1n) is 6.73. The molecule has 1 aromatic carbocycles. The molecule has 0 aliphatic heterocycles. The number of nitrogens with one attached hydrogen (secondary N) is 1. The summed E-state index contributed by atoms with van der Waals surface area (Å²) in [5, 5.41) is 7.66. The summed E-state index contributed by atoms with van der Waals surface area (Å²) in [4.78, 5) is 0.860. The van der Waals surface area contributed by atoms with Crippen LogP contribution in [0.3, 0.4) is 0 Å². The molecule has 2 aromatic rings. The second-order valence-electron chi connectivity index (χ2n) is 5.30. The lowest BCUT2D eigenvalue weighted by atomic mass is 10.2. The van der Waals surface area contributed by atoms with Gasteiger partial charge in [0, 0.05) is 41.2 Å². The van der Waals surface area contributed by atoms with Crippen LogP contribution in [0.5, 0.6) is 0 Å². The van der Waals surface area contributed by atoms with Crippen molar-refractivity contribution in [3.8, 4) is 0 Å². The molecule has 108 valence electrons. The molecular formula is C15H21N3OS. The third-order valence-electron chi connectivity index (χ3n) is 2.94. The van der Waals surface area contributed by atoms with Crippen molar-refractivity contribution in [2.45, 2.75) is 31.8 Å². The lowest BCUT2D eigenvalue weighted by Crippen LogP contribution is -2.04. The van der Waals surface area contributed by atoms with Gasteiger partial charge in [0.05, 0.1) is 11.9 Å². The Morgan fingerprint density at radius 2 is 2.00 bits per heavy atom. The Kier molecular flexibility index (Phi) is 4.95. The smallest absolute Gasteiger partial charge is 0.0729 e. The highest BCUT2D eigenvalue weighted by molar-refractivity contribution is 7.84. The number of rotatable bonds is 6. The molecule has 20 heavy (non-hydrogen) atoms. The third-order valence-corrected chi connectivity index (χ3v) is 3.87. The summed E-state index contributed by atoms with van der Waals surface area (Å²) in [7, 11) is -0.913. The normalized spacial score (nSPS) is 12.6. The van der Waals surface area contributed by atoms with Gasteiger partial charge in [-0.1, -0.05) is 26.0 Å². The summed E-state index contributed by atoms with van der Waals surface area (Å²) < 4.78 is 13.3. The quantitative estimate of drug-likeness (QED) is 0.890. The number of benzene rings is 1. The molecule has 0 radical (unpaired) electrons. The summed E-state index contributed by atoms with van der Waals surface area (Å²) in [5.74, 6) is 0.588. The van der Waals surface area contributed by atoms with E-state index in [9.17, 15) is 4.21 Å². The van der Waals surface area contributed by atoms with Gasteiger partial charge in [0.15, 0.2) is 0 Å². The highest BCUT2D eigenvalue weighted by Crippen LogP contribution is 2.11. The van der Waals surface area contributed by atoms with Crippen LogP contribution >= 0.6 is 0 Å². The molecule has 0 aliphatic rings. The van der Waals surface area contributed by atoms with Crippen molar-refractivity contribution in [1.82, 2.24) is 9.78 Å². The first-order valence-corrected chi connectivity index (χ1v) is 8.29. The van der Waals surface area contributed by atoms with Gasteiger partial charge in [-0.2, -0.15) is 5.10 Å². The van der Waals surface area contributed by atoms with E-state index in [2.05, 4.69) is 24.3 Å². The lowest BCUT2D eigenvalue weighted by molar-refractivity contribution is 0.483. The van der Waals surface area contributed by atoms with Crippen LogP contribution in [0.1, 0.15) is 19.4 Å². The van der Waals surface area contributed by atoms with Crippen molar-refractivity contribution in [2.24, 2.45) is 5.92 Å². The number of nitrogens with zero attached hydrogens (tertiary/aromatic N) is 2. The summed E-state index contributed by atoms with van der Waals surface area (Å²) in [5.41, 5.74) is 2.18. The number of anilines is 1. The summed E-state index contributed by atoms with van der Waals surface area (Å²) >= 11 is 0. The van der Waals surface area contributed by atoms with E-state index >= 15 is 0 Å². The van der Waals surface area contributed by atoms with Crippen LogP contribution in [0.15, 0.2) is 41.6 Å². The minimum absolute atomic E-state index is 0.588. The molecule has 0 amide bonds. The van der Waals surface area contributed by atoms with Crippen molar-refractivity contribution in [3.63, 3.8) is 0 Å². The van der Waals surface area contributed by atoms with Crippen molar-refractivity contribution in [3.05, 3.63) is 42.2 Å². The van der Waals surface area contributed by atoms with Gasteiger partial charge in [-0.15, -0.1) is 0 Å². The van der Waals surface area contributed by atoms with Gasteiger partial charge in [-0.05, 0) is 23.6 Å². The molecule has 0 bridgehead atoms. The Bertz CT molecular complexity index is 575. The van der Waals surface area contributed by atoms with Crippen molar-refractivity contribution < 1.29 is 4.21 Å². The van der Waals surface area contributed by atoms with Crippen LogP contribution < -0.4 is 5.32 Å². The van der Waals surface area contributed by atoms with E-state index < -0.39 is 10.8 Å². The summed E-state index contributed by atoms with van der Waals surface area (Å²) in [6.07, 6.45) is 5.56. The zero-order valence-electron chi connectivity index (χ0n) is 12.2. The molecule has 2 rings (SSSR count). The topological polar surface area (TPSA) is 46.9 Å². The molecule has 0 fully saturated rings. The molecule has 0 saturated heterocycles. The summed E-state index contributed by atoms with van der Waals surface area (Å²) in [6, 6.07) is 7.83. The van der Waals surface area contributed by atoms with E-state index in [4.69, 9.17) is 0 Å². The Morgan fingerprint density at radius 3 is 2.60 bits per heavy atom. The maximum atomic E-state index is 11.3. The first kappa shape index (κ1) is 14.8. The standard InChI is InChI=1S/C15H21N3OS/c1-12(2)10-18-11-14(9-17-18)16-8-13-4-6-15(7-5-13)20(3)19/h4-7,9,11-12,16H,8,10H2,1-3H3/t20-/m0/s1. The van der Waals surface area contributed by atoms with Gasteiger partial charge >= 0.3 is 0 Å². The van der Waals surface area contributed by atoms with Gasteiger partial charge in [0.25, 0.3) is 0 Å². The van der Waals surface area contributed by atoms with Crippen molar-refractivity contribution >= 4 is 16.5 Å². The maximum Gasteiger partial charge on any atom is 0.0729 e. The predicted octanol–water partition coefficient (Wildman–Crippen LogP) is 2.89. The number of aromatic nitrogens is 2. The Morgan fingerprint density at radius 1 is 1.30 bits per heavy atom.